The molecule has 1 aliphatic rings. The monoisotopic (exact) mass is 443 g/mol. The van der Waals surface area contributed by atoms with E-state index in [-0.39, 0.29) is 11.8 Å². The van der Waals surface area contributed by atoms with Gasteiger partial charge in [-0.25, -0.2) is 0 Å². The van der Waals surface area contributed by atoms with Gasteiger partial charge in [-0.1, -0.05) is 42.5 Å². The van der Waals surface area contributed by atoms with Crippen LogP contribution in [0.15, 0.2) is 73.1 Å². The fourth-order valence-corrected chi connectivity index (χ4v) is 4.63. The molecule has 1 fully saturated rings. The summed E-state index contributed by atoms with van der Waals surface area (Å²) in [5.41, 5.74) is 3.43. The molecule has 2 aromatic carbocycles. The number of hydrogen-bond donors (Lipinski definition) is 1. The molecule has 1 aromatic heterocycles. The van der Waals surface area contributed by atoms with Gasteiger partial charge in [0.15, 0.2) is 0 Å². The summed E-state index contributed by atoms with van der Waals surface area (Å²) in [7, 11) is 3.29. The number of amides is 2. The highest BCUT2D eigenvalue weighted by molar-refractivity contribution is 5.86. The van der Waals surface area contributed by atoms with E-state index in [1.807, 2.05) is 59.6 Å². The van der Waals surface area contributed by atoms with E-state index in [0.717, 1.165) is 28.0 Å². The van der Waals surface area contributed by atoms with Gasteiger partial charge in [-0.2, -0.15) is 0 Å². The standard InChI is InChI=1S/C27H29N3O3/c1-28-26(32)27(17-21-6-3-4-8-24(21)22-7-5-14-29-18-22)13-15-30(19-27)25(31)16-20-9-11-23(33-2)12-10-20/h3-12,14,18H,13,15-17,19H2,1-2H3,(H,28,32). The number of ether oxygens (including phenoxy) is 1. The molecule has 1 N–H and O–H groups in total. The number of carbonyl (C=O) groups excluding carboxylic acids is 2. The Bertz CT molecular complexity index is 1110. The predicted octanol–water partition coefficient (Wildman–Crippen LogP) is 3.51. The summed E-state index contributed by atoms with van der Waals surface area (Å²) in [5.74, 6) is 0.771. The minimum Gasteiger partial charge on any atom is -0.497 e. The first-order valence-electron chi connectivity index (χ1n) is 11.2. The number of nitrogens with one attached hydrogen (secondary N) is 1. The van der Waals surface area contributed by atoms with E-state index >= 15 is 0 Å². The molecule has 0 spiro atoms. The van der Waals surface area contributed by atoms with Crippen LogP contribution in [0.2, 0.25) is 0 Å². The van der Waals surface area contributed by atoms with Gasteiger partial charge in [-0.3, -0.25) is 14.6 Å². The predicted molar refractivity (Wildman–Crippen MR) is 128 cm³/mol. The highest BCUT2D eigenvalue weighted by atomic mass is 16.5. The third-order valence-electron chi connectivity index (χ3n) is 6.45. The third-order valence-corrected chi connectivity index (χ3v) is 6.45. The maximum atomic E-state index is 13.1. The Morgan fingerprint density at radius 3 is 2.58 bits per heavy atom. The topological polar surface area (TPSA) is 71.5 Å². The van der Waals surface area contributed by atoms with Crippen LogP contribution >= 0.6 is 0 Å². The van der Waals surface area contributed by atoms with Gasteiger partial charge in [-0.15, -0.1) is 0 Å². The summed E-state index contributed by atoms with van der Waals surface area (Å²) < 4.78 is 5.19. The molecule has 6 nitrogen and oxygen atoms in total. The molecule has 2 amide bonds. The summed E-state index contributed by atoms with van der Waals surface area (Å²) in [5, 5.41) is 2.85. The van der Waals surface area contributed by atoms with Crippen LogP contribution < -0.4 is 10.1 Å². The Labute approximate surface area is 194 Å². The fraction of sp³-hybridized carbons (Fsp3) is 0.296. The summed E-state index contributed by atoms with van der Waals surface area (Å²) in [6.45, 7) is 0.973. The zero-order chi connectivity index (χ0) is 23.3. The zero-order valence-corrected chi connectivity index (χ0v) is 19.1. The van der Waals surface area contributed by atoms with E-state index in [1.165, 1.54) is 0 Å². The SMILES string of the molecule is CNC(=O)C1(Cc2ccccc2-c2cccnc2)CCN(C(=O)Cc2ccc(OC)cc2)C1. The Hall–Kier alpha value is -3.67. The second-order valence-electron chi connectivity index (χ2n) is 8.53. The van der Waals surface area contributed by atoms with Gasteiger partial charge in [0.05, 0.1) is 18.9 Å². The van der Waals surface area contributed by atoms with Crippen molar-refractivity contribution >= 4 is 11.8 Å². The molecule has 1 saturated heterocycles. The summed E-state index contributed by atoms with van der Waals surface area (Å²) in [6, 6.07) is 19.6. The van der Waals surface area contributed by atoms with Crippen molar-refractivity contribution in [3.8, 4) is 16.9 Å². The number of rotatable bonds is 7. The molecule has 4 rings (SSSR count). The van der Waals surface area contributed by atoms with Crippen molar-refractivity contribution in [3.05, 3.63) is 84.2 Å². The van der Waals surface area contributed by atoms with Crippen LogP contribution in [0.25, 0.3) is 11.1 Å². The molecule has 1 aliphatic heterocycles. The largest absolute Gasteiger partial charge is 0.497 e. The second-order valence-corrected chi connectivity index (χ2v) is 8.53. The molecule has 6 heteroatoms. The maximum absolute atomic E-state index is 13.1. The van der Waals surface area contributed by atoms with Crippen LogP contribution in [0.1, 0.15) is 17.5 Å². The molecule has 0 aliphatic carbocycles. The Morgan fingerprint density at radius 1 is 1.09 bits per heavy atom. The second kappa shape index (κ2) is 9.86. The van der Waals surface area contributed by atoms with E-state index in [2.05, 4.69) is 22.4 Å². The van der Waals surface area contributed by atoms with Crippen LogP contribution in [-0.4, -0.2) is 48.9 Å². The number of carbonyl (C=O) groups is 2. The van der Waals surface area contributed by atoms with Crippen molar-refractivity contribution in [2.24, 2.45) is 5.41 Å². The van der Waals surface area contributed by atoms with Gasteiger partial charge in [0, 0.05) is 38.1 Å². The summed E-state index contributed by atoms with van der Waals surface area (Å²) >= 11 is 0. The third kappa shape index (κ3) is 4.90. The zero-order valence-electron chi connectivity index (χ0n) is 19.1. The Kier molecular flexibility index (Phi) is 6.73. The normalized spacial score (nSPS) is 17.6. The van der Waals surface area contributed by atoms with E-state index in [9.17, 15) is 9.59 Å². The van der Waals surface area contributed by atoms with E-state index < -0.39 is 5.41 Å². The van der Waals surface area contributed by atoms with Crippen molar-refractivity contribution < 1.29 is 14.3 Å². The summed E-state index contributed by atoms with van der Waals surface area (Å²) in [4.78, 5) is 32.2. The molecule has 1 unspecified atom stereocenters. The van der Waals surface area contributed by atoms with Crippen molar-refractivity contribution in [1.82, 2.24) is 15.2 Å². The minimum absolute atomic E-state index is 0.0248. The maximum Gasteiger partial charge on any atom is 0.228 e. The van der Waals surface area contributed by atoms with Gasteiger partial charge in [0.25, 0.3) is 0 Å². The number of methoxy groups -OCH3 is 1. The molecule has 1 atom stereocenters. The van der Waals surface area contributed by atoms with Crippen LogP contribution in [0, 0.1) is 5.41 Å². The Balaban J connectivity index is 1.55. The van der Waals surface area contributed by atoms with E-state index in [4.69, 9.17) is 4.74 Å². The average Bonchev–Trinajstić information content (AvgIpc) is 3.30. The molecular formula is C27H29N3O3. The molecule has 3 aromatic rings. The minimum atomic E-state index is -0.664. The van der Waals surface area contributed by atoms with Crippen LogP contribution in [0.5, 0.6) is 5.75 Å². The molecule has 0 bridgehead atoms. The highest BCUT2D eigenvalue weighted by Crippen LogP contribution is 2.37. The van der Waals surface area contributed by atoms with Crippen LogP contribution in [-0.2, 0) is 22.4 Å². The van der Waals surface area contributed by atoms with Crippen molar-refractivity contribution in [2.45, 2.75) is 19.3 Å². The first-order valence-corrected chi connectivity index (χ1v) is 11.2. The Morgan fingerprint density at radius 2 is 1.88 bits per heavy atom. The molecular weight excluding hydrogens is 414 g/mol. The van der Waals surface area contributed by atoms with Gasteiger partial charge in [0.2, 0.25) is 11.8 Å². The lowest BCUT2D eigenvalue weighted by molar-refractivity contribution is -0.132. The van der Waals surface area contributed by atoms with Gasteiger partial charge >= 0.3 is 0 Å². The lowest BCUT2D eigenvalue weighted by atomic mass is 9.78. The average molecular weight is 444 g/mol. The van der Waals surface area contributed by atoms with Crippen molar-refractivity contribution in [1.29, 1.82) is 0 Å². The number of aromatic nitrogens is 1. The van der Waals surface area contributed by atoms with E-state index in [0.29, 0.717) is 32.4 Å². The lowest BCUT2D eigenvalue weighted by Gasteiger charge is -2.28. The van der Waals surface area contributed by atoms with Crippen molar-refractivity contribution in [3.63, 3.8) is 0 Å². The molecule has 0 saturated carbocycles. The molecule has 33 heavy (non-hydrogen) atoms. The molecule has 170 valence electrons. The van der Waals surface area contributed by atoms with Crippen LogP contribution in [0.4, 0.5) is 0 Å². The molecule has 0 radical (unpaired) electrons. The van der Waals surface area contributed by atoms with Gasteiger partial charge < -0.3 is 15.0 Å². The number of benzene rings is 2. The number of pyridine rings is 1. The summed E-state index contributed by atoms with van der Waals surface area (Å²) in [6.07, 6.45) is 5.08. The smallest absolute Gasteiger partial charge is 0.228 e. The van der Waals surface area contributed by atoms with Crippen LogP contribution in [0.3, 0.4) is 0 Å². The fourth-order valence-electron chi connectivity index (χ4n) is 4.63. The van der Waals surface area contributed by atoms with Gasteiger partial charge in [-0.05, 0) is 47.7 Å². The lowest BCUT2D eigenvalue weighted by Crippen LogP contribution is -2.44. The highest BCUT2D eigenvalue weighted by Gasteiger charge is 2.45. The van der Waals surface area contributed by atoms with E-state index in [1.54, 1.807) is 20.4 Å². The first kappa shape index (κ1) is 22.5. The first-order chi connectivity index (χ1) is 16.0. The number of hydrogen-bond acceptors (Lipinski definition) is 4. The number of likely N-dealkylation sites (tertiary alicyclic amines) is 1. The molecule has 2 heterocycles. The van der Waals surface area contributed by atoms with Crippen molar-refractivity contribution in [2.75, 3.05) is 27.2 Å². The number of nitrogens with zero attached hydrogens (tertiary/aromatic N) is 2. The quantitative estimate of drug-likeness (QED) is 0.607. The van der Waals surface area contributed by atoms with Gasteiger partial charge in [0.1, 0.15) is 5.75 Å².